The molecule has 0 aliphatic carbocycles. The molecule has 1 aromatic heterocycles. The van der Waals surface area contributed by atoms with E-state index in [-0.39, 0.29) is 5.56 Å². The largest absolute Gasteiger partial charge is 0.496 e. The molecule has 20 heavy (non-hydrogen) atoms. The normalized spacial score (nSPS) is 10.2. The Morgan fingerprint density at radius 2 is 1.70 bits per heavy atom. The van der Waals surface area contributed by atoms with E-state index in [0.29, 0.717) is 32.2 Å². The van der Waals surface area contributed by atoms with E-state index < -0.39 is 0 Å². The molecule has 1 N–H and O–H groups in total. The van der Waals surface area contributed by atoms with Crippen LogP contribution in [0.2, 0.25) is 0 Å². The predicted octanol–water partition coefficient (Wildman–Crippen LogP) is 2.07. The van der Waals surface area contributed by atoms with Gasteiger partial charge in [0.2, 0.25) is 0 Å². The summed E-state index contributed by atoms with van der Waals surface area (Å²) in [7, 11) is 4.62. The van der Waals surface area contributed by atoms with Gasteiger partial charge in [-0.1, -0.05) is 0 Å². The topological polar surface area (TPSA) is 73.4 Å². The SMILES string of the molecule is COc1cc(OC)c(-c2ncc(I)c(=O)[nH]2)c(OC)c1. The first-order chi connectivity index (χ1) is 9.60. The summed E-state index contributed by atoms with van der Waals surface area (Å²) in [6, 6.07) is 3.41. The van der Waals surface area contributed by atoms with Gasteiger partial charge in [-0.05, 0) is 22.6 Å². The zero-order valence-corrected chi connectivity index (χ0v) is 13.3. The van der Waals surface area contributed by atoms with Crippen LogP contribution in [0.1, 0.15) is 0 Å². The van der Waals surface area contributed by atoms with Crippen LogP contribution in [0, 0.1) is 3.57 Å². The molecule has 6 nitrogen and oxygen atoms in total. The van der Waals surface area contributed by atoms with E-state index in [4.69, 9.17) is 14.2 Å². The van der Waals surface area contributed by atoms with Crippen LogP contribution in [0.5, 0.6) is 17.2 Å². The third kappa shape index (κ3) is 2.72. The number of hydrogen-bond acceptors (Lipinski definition) is 5. The smallest absolute Gasteiger partial charge is 0.264 e. The van der Waals surface area contributed by atoms with Crippen molar-refractivity contribution in [2.24, 2.45) is 0 Å². The van der Waals surface area contributed by atoms with Gasteiger partial charge in [0.15, 0.2) is 0 Å². The van der Waals surface area contributed by atoms with Gasteiger partial charge in [-0.15, -0.1) is 0 Å². The Bertz CT molecular complexity index is 659. The molecule has 0 fully saturated rings. The maximum Gasteiger partial charge on any atom is 0.264 e. The molecule has 0 saturated carbocycles. The van der Waals surface area contributed by atoms with Gasteiger partial charge in [-0.3, -0.25) is 4.79 Å². The van der Waals surface area contributed by atoms with Crippen molar-refractivity contribution in [2.75, 3.05) is 21.3 Å². The Hall–Kier alpha value is -1.77. The lowest BCUT2D eigenvalue weighted by Crippen LogP contribution is -2.12. The second-order valence-corrected chi connectivity index (χ2v) is 4.98. The first kappa shape index (κ1) is 14.6. The van der Waals surface area contributed by atoms with Crippen LogP contribution in [-0.2, 0) is 0 Å². The highest BCUT2D eigenvalue weighted by molar-refractivity contribution is 14.1. The van der Waals surface area contributed by atoms with Crippen LogP contribution < -0.4 is 19.8 Å². The van der Waals surface area contributed by atoms with Crippen molar-refractivity contribution in [1.82, 2.24) is 9.97 Å². The molecule has 1 heterocycles. The number of nitrogens with zero attached hydrogens (tertiary/aromatic N) is 1. The van der Waals surface area contributed by atoms with E-state index in [1.807, 2.05) is 22.6 Å². The van der Waals surface area contributed by atoms with E-state index >= 15 is 0 Å². The molecular weight excluding hydrogens is 375 g/mol. The number of benzene rings is 1. The highest BCUT2D eigenvalue weighted by Gasteiger charge is 2.17. The van der Waals surface area contributed by atoms with Gasteiger partial charge in [-0.2, -0.15) is 0 Å². The molecular formula is C13H13IN2O4. The number of ether oxygens (including phenoxy) is 3. The monoisotopic (exact) mass is 388 g/mol. The molecule has 7 heteroatoms. The summed E-state index contributed by atoms with van der Waals surface area (Å²) in [6.07, 6.45) is 1.50. The minimum absolute atomic E-state index is 0.212. The summed E-state index contributed by atoms with van der Waals surface area (Å²) in [5.74, 6) is 1.98. The number of aromatic amines is 1. The van der Waals surface area contributed by atoms with Crippen LogP contribution in [-0.4, -0.2) is 31.3 Å². The molecule has 0 unspecified atom stereocenters. The molecule has 0 aliphatic heterocycles. The van der Waals surface area contributed by atoms with Crippen LogP contribution in [0.15, 0.2) is 23.1 Å². The van der Waals surface area contributed by atoms with Crippen molar-refractivity contribution >= 4 is 22.6 Å². The van der Waals surface area contributed by atoms with E-state index in [0.717, 1.165) is 0 Å². The lowest BCUT2D eigenvalue weighted by molar-refractivity contribution is 0.377. The average Bonchev–Trinajstić information content (AvgIpc) is 2.48. The van der Waals surface area contributed by atoms with Crippen molar-refractivity contribution in [2.45, 2.75) is 0 Å². The van der Waals surface area contributed by atoms with Crippen molar-refractivity contribution in [1.29, 1.82) is 0 Å². The lowest BCUT2D eigenvalue weighted by atomic mass is 10.1. The molecule has 106 valence electrons. The summed E-state index contributed by atoms with van der Waals surface area (Å²) >= 11 is 1.92. The number of rotatable bonds is 4. The summed E-state index contributed by atoms with van der Waals surface area (Å²) < 4.78 is 16.4. The molecule has 2 rings (SSSR count). The van der Waals surface area contributed by atoms with Crippen molar-refractivity contribution < 1.29 is 14.2 Å². The highest BCUT2D eigenvalue weighted by Crippen LogP contribution is 2.39. The van der Waals surface area contributed by atoms with Crippen molar-refractivity contribution in [3.8, 4) is 28.6 Å². The maximum atomic E-state index is 11.7. The second kappa shape index (κ2) is 6.12. The van der Waals surface area contributed by atoms with Gasteiger partial charge < -0.3 is 19.2 Å². The fourth-order valence-electron chi connectivity index (χ4n) is 1.75. The summed E-state index contributed by atoms with van der Waals surface area (Å²) in [4.78, 5) is 18.6. The van der Waals surface area contributed by atoms with Gasteiger partial charge in [0.25, 0.3) is 5.56 Å². The number of methoxy groups -OCH3 is 3. The van der Waals surface area contributed by atoms with E-state index in [1.54, 1.807) is 19.2 Å². The lowest BCUT2D eigenvalue weighted by Gasteiger charge is -2.14. The van der Waals surface area contributed by atoms with E-state index in [2.05, 4.69) is 9.97 Å². The number of aromatic nitrogens is 2. The Balaban J connectivity index is 2.70. The standard InChI is InChI=1S/C13H13IN2O4/c1-18-7-4-9(19-2)11(10(5-7)20-3)12-15-6-8(14)13(17)16-12/h4-6H,1-3H3,(H,15,16,17). The molecule has 0 radical (unpaired) electrons. The summed E-state index contributed by atoms with van der Waals surface area (Å²) in [5.41, 5.74) is 0.361. The highest BCUT2D eigenvalue weighted by atomic mass is 127. The molecule has 0 saturated heterocycles. The van der Waals surface area contributed by atoms with Crippen molar-refractivity contribution in [3.05, 3.63) is 32.3 Å². The van der Waals surface area contributed by atoms with Crippen LogP contribution in [0.3, 0.4) is 0 Å². The van der Waals surface area contributed by atoms with Crippen LogP contribution in [0.4, 0.5) is 0 Å². The molecule has 2 aromatic rings. The fourth-order valence-corrected chi connectivity index (χ4v) is 2.02. The number of hydrogen-bond donors (Lipinski definition) is 1. The predicted molar refractivity (Wildman–Crippen MR) is 82.7 cm³/mol. The van der Waals surface area contributed by atoms with E-state index in [9.17, 15) is 4.79 Å². The average molecular weight is 388 g/mol. The van der Waals surface area contributed by atoms with Gasteiger partial charge in [-0.25, -0.2) is 4.98 Å². The zero-order valence-electron chi connectivity index (χ0n) is 11.2. The number of halogens is 1. The Morgan fingerprint density at radius 3 is 2.15 bits per heavy atom. The molecule has 0 aliphatic rings. The quantitative estimate of drug-likeness (QED) is 0.812. The molecule has 1 aromatic carbocycles. The Kier molecular flexibility index (Phi) is 4.48. The third-order valence-electron chi connectivity index (χ3n) is 2.71. The van der Waals surface area contributed by atoms with Crippen LogP contribution >= 0.6 is 22.6 Å². The van der Waals surface area contributed by atoms with E-state index in [1.165, 1.54) is 20.4 Å². The van der Waals surface area contributed by atoms with Gasteiger partial charge >= 0.3 is 0 Å². The molecule has 0 spiro atoms. The maximum absolute atomic E-state index is 11.7. The Labute approximate surface area is 129 Å². The minimum Gasteiger partial charge on any atom is -0.496 e. The third-order valence-corrected chi connectivity index (χ3v) is 3.48. The van der Waals surface area contributed by atoms with Crippen LogP contribution in [0.25, 0.3) is 11.4 Å². The fraction of sp³-hybridized carbons (Fsp3) is 0.231. The Morgan fingerprint density at radius 1 is 1.10 bits per heavy atom. The molecule has 0 bridgehead atoms. The minimum atomic E-state index is -0.212. The van der Waals surface area contributed by atoms with Gasteiger partial charge in [0, 0.05) is 18.3 Å². The van der Waals surface area contributed by atoms with Gasteiger partial charge in [0.05, 0.1) is 24.9 Å². The second-order valence-electron chi connectivity index (χ2n) is 3.82. The zero-order chi connectivity index (χ0) is 14.7. The van der Waals surface area contributed by atoms with Crippen molar-refractivity contribution in [3.63, 3.8) is 0 Å². The first-order valence-electron chi connectivity index (χ1n) is 5.66. The molecule has 0 amide bonds. The van der Waals surface area contributed by atoms with Gasteiger partial charge in [0.1, 0.15) is 28.6 Å². The summed E-state index contributed by atoms with van der Waals surface area (Å²) in [6.45, 7) is 0. The summed E-state index contributed by atoms with van der Waals surface area (Å²) in [5, 5.41) is 0. The molecule has 0 atom stereocenters. The number of H-pyrrole nitrogens is 1. The first-order valence-corrected chi connectivity index (χ1v) is 6.73. The number of nitrogens with one attached hydrogen (secondary N) is 1.